The fourth-order valence-electron chi connectivity index (χ4n) is 9.08. The van der Waals surface area contributed by atoms with Crippen LogP contribution in [0.5, 0.6) is 11.5 Å². The molecule has 3 fully saturated rings. The first kappa shape index (κ1) is 24.1. The quantitative estimate of drug-likeness (QED) is 0.343. The van der Waals surface area contributed by atoms with Gasteiger partial charge in [0.2, 0.25) is 5.91 Å². The Bertz CT molecular complexity index is 1630. The van der Waals surface area contributed by atoms with E-state index in [4.69, 9.17) is 9.72 Å². The van der Waals surface area contributed by atoms with Gasteiger partial charge in [0.15, 0.2) is 0 Å². The Kier molecular flexibility index (Phi) is 5.20. The lowest BCUT2D eigenvalue weighted by Gasteiger charge is -2.59. The average Bonchev–Trinajstić information content (AvgIpc) is 3.55. The number of hydrogen-bond donors (Lipinski definition) is 1. The average molecular weight is 534 g/mol. The molecule has 1 amide bonds. The minimum Gasteiger partial charge on any atom is -0.457 e. The van der Waals surface area contributed by atoms with Crippen LogP contribution in [0.4, 0.5) is 0 Å². The molecule has 0 spiro atoms. The Labute approximate surface area is 234 Å². The number of hydrogen-bond acceptors (Lipinski definition) is 5. The summed E-state index contributed by atoms with van der Waals surface area (Å²) in [5.41, 5.74) is 4.89. The Morgan fingerprint density at radius 1 is 0.975 bits per heavy atom. The van der Waals surface area contributed by atoms with Crippen LogP contribution in [0.15, 0.2) is 60.9 Å². The maximum Gasteiger partial charge on any atom is 0.252 e. The monoisotopic (exact) mass is 533 g/mol. The zero-order valence-electron chi connectivity index (χ0n) is 23.1. The number of rotatable bonds is 3. The number of fused-ring (bicyclic) bond motifs is 8. The van der Waals surface area contributed by atoms with Crippen molar-refractivity contribution in [2.45, 2.75) is 70.3 Å². The normalized spacial score (nSPS) is 32.5. The first-order valence-corrected chi connectivity index (χ1v) is 14.8. The van der Waals surface area contributed by atoms with Crippen molar-refractivity contribution in [1.29, 1.82) is 0 Å². The molecule has 4 aliphatic rings. The molecule has 1 aliphatic heterocycles. The number of nitrogens with zero attached hydrogens (tertiary/aromatic N) is 4. The van der Waals surface area contributed by atoms with Crippen LogP contribution < -0.4 is 10.1 Å². The third kappa shape index (κ3) is 3.42. The van der Waals surface area contributed by atoms with E-state index in [1.165, 1.54) is 24.1 Å². The second-order valence-electron chi connectivity index (χ2n) is 12.9. The van der Waals surface area contributed by atoms with E-state index in [0.29, 0.717) is 36.0 Å². The van der Waals surface area contributed by atoms with Crippen molar-refractivity contribution in [1.82, 2.24) is 24.9 Å². The third-order valence-corrected chi connectivity index (χ3v) is 11.1. The van der Waals surface area contributed by atoms with E-state index in [0.717, 1.165) is 48.4 Å². The Balaban J connectivity index is 1.21. The topological polar surface area (TPSA) is 81.4 Å². The van der Waals surface area contributed by atoms with Gasteiger partial charge in [0.05, 0.1) is 11.4 Å². The van der Waals surface area contributed by atoms with Gasteiger partial charge in [-0.1, -0.05) is 44.2 Å². The second-order valence-corrected chi connectivity index (χ2v) is 12.9. The van der Waals surface area contributed by atoms with E-state index in [1.54, 1.807) is 6.33 Å². The summed E-state index contributed by atoms with van der Waals surface area (Å²) in [5.74, 6) is 4.31. The first-order chi connectivity index (χ1) is 19.4. The Morgan fingerprint density at radius 2 is 1.82 bits per heavy atom. The summed E-state index contributed by atoms with van der Waals surface area (Å²) < 4.78 is 8.14. The molecule has 3 unspecified atom stereocenters. The molecule has 2 saturated carbocycles. The SMILES string of the molecule is C[C@]12CCC3C(CC[C@H]4NC(=O)CC[C@]34C)C1Cc1c2nc2ncnn2c1-c1cccc(Oc2ccccc2)c1. The van der Waals surface area contributed by atoms with Crippen LogP contribution in [-0.4, -0.2) is 31.5 Å². The van der Waals surface area contributed by atoms with Crippen molar-refractivity contribution in [3.05, 3.63) is 72.2 Å². The van der Waals surface area contributed by atoms with E-state index in [9.17, 15) is 4.79 Å². The van der Waals surface area contributed by atoms with Crippen LogP contribution in [0.25, 0.3) is 17.0 Å². The minimum absolute atomic E-state index is 0.0121. The van der Waals surface area contributed by atoms with E-state index in [-0.39, 0.29) is 16.7 Å². The van der Waals surface area contributed by atoms with Gasteiger partial charge < -0.3 is 10.1 Å². The number of amides is 1. The first-order valence-electron chi connectivity index (χ1n) is 14.8. The highest BCUT2D eigenvalue weighted by atomic mass is 16.5. The summed E-state index contributed by atoms with van der Waals surface area (Å²) in [7, 11) is 0. The predicted molar refractivity (Wildman–Crippen MR) is 152 cm³/mol. The highest BCUT2D eigenvalue weighted by Gasteiger charge is 2.60. The number of piperidine rings is 1. The summed E-state index contributed by atoms with van der Waals surface area (Å²) >= 11 is 0. The highest BCUT2D eigenvalue weighted by molar-refractivity contribution is 5.77. The van der Waals surface area contributed by atoms with Gasteiger partial charge in [0.25, 0.3) is 5.78 Å². The number of carbonyl (C=O) groups excluding carboxylic acids is 1. The summed E-state index contributed by atoms with van der Waals surface area (Å²) in [6, 6.07) is 18.6. The van der Waals surface area contributed by atoms with Crippen LogP contribution in [0.3, 0.4) is 0 Å². The Hall–Kier alpha value is -3.74. The molecule has 40 heavy (non-hydrogen) atoms. The third-order valence-electron chi connectivity index (χ3n) is 11.1. The smallest absolute Gasteiger partial charge is 0.252 e. The molecule has 204 valence electrons. The van der Waals surface area contributed by atoms with Gasteiger partial charge in [-0.15, -0.1) is 0 Å². The van der Waals surface area contributed by atoms with E-state index >= 15 is 0 Å². The molecule has 3 heterocycles. The number of nitrogens with one attached hydrogen (secondary N) is 1. The molecule has 4 aromatic rings. The molecule has 6 atom stereocenters. The van der Waals surface area contributed by atoms with Crippen molar-refractivity contribution in [2.75, 3.05) is 0 Å². The van der Waals surface area contributed by atoms with Gasteiger partial charge in [-0.25, -0.2) is 4.98 Å². The molecule has 7 nitrogen and oxygen atoms in total. The molecular weight excluding hydrogens is 498 g/mol. The molecule has 3 aliphatic carbocycles. The molecule has 1 N–H and O–H groups in total. The van der Waals surface area contributed by atoms with Gasteiger partial charge in [0.1, 0.15) is 17.8 Å². The lowest BCUT2D eigenvalue weighted by atomic mass is 9.47. The van der Waals surface area contributed by atoms with E-state index in [2.05, 4.69) is 47.4 Å². The van der Waals surface area contributed by atoms with Crippen molar-refractivity contribution < 1.29 is 9.53 Å². The van der Waals surface area contributed by atoms with Crippen LogP contribution in [0.2, 0.25) is 0 Å². The lowest BCUT2D eigenvalue weighted by molar-refractivity contribution is -0.134. The number of aromatic nitrogens is 4. The number of benzene rings is 2. The van der Waals surface area contributed by atoms with Crippen LogP contribution in [0.1, 0.15) is 63.6 Å². The van der Waals surface area contributed by atoms with Gasteiger partial charge in [-0.2, -0.15) is 14.6 Å². The lowest BCUT2D eigenvalue weighted by Crippen LogP contribution is -2.61. The molecule has 7 heteroatoms. The standard InChI is InChI=1S/C33H35N5O2/c1-32-16-14-28(39)36-27(32)12-11-23-25(32)13-15-33(2)26(23)18-24-29(38-31(34-19-35-38)37-30(24)33)20-7-6-10-22(17-20)40-21-8-4-3-5-9-21/h3-10,17,19,23,25-27H,11-16,18H2,1-2H3,(H,36,39)/t23?,25?,26?,27-,32-,33+/m1/s1. The van der Waals surface area contributed by atoms with Crippen molar-refractivity contribution in [2.24, 2.45) is 23.2 Å². The molecular formula is C33H35N5O2. The van der Waals surface area contributed by atoms with Crippen molar-refractivity contribution in [3.63, 3.8) is 0 Å². The number of ether oxygens (including phenoxy) is 1. The summed E-state index contributed by atoms with van der Waals surface area (Å²) in [4.78, 5) is 22.0. The maximum atomic E-state index is 12.2. The Morgan fingerprint density at radius 3 is 2.70 bits per heavy atom. The van der Waals surface area contributed by atoms with E-state index < -0.39 is 0 Å². The number of para-hydroxylation sites is 1. The maximum absolute atomic E-state index is 12.2. The zero-order chi connectivity index (χ0) is 27.1. The molecule has 2 aromatic carbocycles. The fraction of sp³-hybridized carbons (Fsp3) is 0.455. The molecule has 0 radical (unpaired) electrons. The predicted octanol–water partition coefficient (Wildman–Crippen LogP) is 6.12. The van der Waals surface area contributed by atoms with Gasteiger partial charge in [-0.3, -0.25) is 4.79 Å². The molecule has 8 rings (SSSR count). The van der Waals surface area contributed by atoms with Crippen molar-refractivity contribution >= 4 is 11.7 Å². The summed E-state index contributed by atoms with van der Waals surface area (Å²) in [6.45, 7) is 4.91. The zero-order valence-corrected chi connectivity index (χ0v) is 23.1. The van der Waals surface area contributed by atoms with E-state index in [1.807, 2.05) is 40.9 Å². The van der Waals surface area contributed by atoms with Gasteiger partial charge in [0, 0.05) is 29.0 Å². The van der Waals surface area contributed by atoms with Crippen LogP contribution in [-0.2, 0) is 16.6 Å². The van der Waals surface area contributed by atoms with Gasteiger partial charge >= 0.3 is 0 Å². The largest absolute Gasteiger partial charge is 0.457 e. The molecule has 1 saturated heterocycles. The van der Waals surface area contributed by atoms with Crippen LogP contribution in [0, 0.1) is 23.2 Å². The molecule has 0 bridgehead atoms. The molecule has 2 aromatic heterocycles. The minimum atomic E-state index is 0.0121. The van der Waals surface area contributed by atoms with Crippen molar-refractivity contribution in [3.8, 4) is 22.8 Å². The summed E-state index contributed by atoms with van der Waals surface area (Å²) in [6.07, 6.45) is 8.85. The van der Waals surface area contributed by atoms with Crippen LogP contribution >= 0.6 is 0 Å². The fourth-order valence-corrected chi connectivity index (χ4v) is 9.08. The highest BCUT2D eigenvalue weighted by Crippen LogP contribution is 2.63. The van der Waals surface area contributed by atoms with Gasteiger partial charge in [-0.05, 0) is 86.0 Å². The summed E-state index contributed by atoms with van der Waals surface area (Å²) in [5, 5.41) is 8.01. The second kappa shape index (κ2) is 8.63. The number of carbonyl (C=O) groups is 1.